The number of hydrogen-bond donors (Lipinski definition) is 2. The van der Waals surface area contributed by atoms with E-state index < -0.39 is 16.1 Å². The van der Waals surface area contributed by atoms with Crippen molar-refractivity contribution in [1.29, 1.82) is 0 Å². The zero-order chi connectivity index (χ0) is 26.7. The zero-order valence-corrected chi connectivity index (χ0v) is 21.9. The van der Waals surface area contributed by atoms with Crippen LogP contribution in [0.1, 0.15) is 23.6 Å². The maximum absolute atomic E-state index is 13.7. The molecule has 0 saturated carbocycles. The Balaban J connectivity index is 1.33. The van der Waals surface area contributed by atoms with E-state index in [9.17, 15) is 18.0 Å². The van der Waals surface area contributed by atoms with Crippen LogP contribution in [0.3, 0.4) is 0 Å². The number of ether oxygens (including phenoxy) is 1. The van der Waals surface area contributed by atoms with Crippen molar-refractivity contribution in [2.75, 3.05) is 43.5 Å². The molecule has 1 saturated heterocycles. The molecule has 10 heteroatoms. The van der Waals surface area contributed by atoms with Crippen molar-refractivity contribution < 1.29 is 22.7 Å². The van der Waals surface area contributed by atoms with Gasteiger partial charge in [0.2, 0.25) is 21.8 Å². The molecule has 2 heterocycles. The van der Waals surface area contributed by atoms with Gasteiger partial charge in [-0.1, -0.05) is 30.3 Å². The molecule has 198 valence electrons. The Morgan fingerprint density at radius 2 is 1.66 bits per heavy atom. The van der Waals surface area contributed by atoms with E-state index in [4.69, 9.17) is 4.74 Å². The van der Waals surface area contributed by atoms with Gasteiger partial charge in [-0.3, -0.25) is 9.59 Å². The monoisotopic (exact) mass is 534 g/mol. The van der Waals surface area contributed by atoms with Crippen LogP contribution in [0.2, 0.25) is 0 Å². The van der Waals surface area contributed by atoms with Crippen molar-refractivity contribution >= 4 is 33.2 Å². The average Bonchev–Trinajstić information content (AvgIpc) is 2.96. The molecule has 0 aliphatic carbocycles. The first-order chi connectivity index (χ1) is 18.3. The summed E-state index contributed by atoms with van der Waals surface area (Å²) < 4.78 is 34.8. The first kappa shape index (κ1) is 25.7. The molecule has 38 heavy (non-hydrogen) atoms. The minimum absolute atomic E-state index is 0.0606. The fourth-order valence-corrected chi connectivity index (χ4v) is 6.05. The van der Waals surface area contributed by atoms with Crippen molar-refractivity contribution in [1.82, 2.24) is 9.62 Å². The minimum Gasteiger partial charge on any atom is -0.497 e. The zero-order valence-electron chi connectivity index (χ0n) is 21.1. The minimum atomic E-state index is -4.03. The summed E-state index contributed by atoms with van der Waals surface area (Å²) in [7, 11) is -2.40. The second kappa shape index (κ2) is 10.8. The molecule has 9 nitrogen and oxygen atoms in total. The number of piperazine rings is 1. The van der Waals surface area contributed by atoms with Gasteiger partial charge in [0.25, 0.3) is 0 Å². The Hall–Kier alpha value is -3.89. The Kier molecular flexibility index (Phi) is 7.35. The number of benzene rings is 3. The molecular weight excluding hydrogens is 504 g/mol. The summed E-state index contributed by atoms with van der Waals surface area (Å²) in [6.45, 7) is 2.19. The van der Waals surface area contributed by atoms with Crippen LogP contribution in [0, 0.1) is 0 Å². The average molecular weight is 535 g/mol. The van der Waals surface area contributed by atoms with Crippen molar-refractivity contribution in [3.63, 3.8) is 0 Å². The van der Waals surface area contributed by atoms with E-state index in [-0.39, 0.29) is 16.7 Å². The lowest BCUT2D eigenvalue weighted by molar-refractivity contribution is -0.133. The number of nitrogens with one attached hydrogen (secondary N) is 2. The quantitative estimate of drug-likeness (QED) is 0.483. The highest BCUT2D eigenvalue weighted by atomic mass is 32.2. The van der Waals surface area contributed by atoms with Crippen LogP contribution in [0.4, 0.5) is 11.4 Å². The summed E-state index contributed by atoms with van der Waals surface area (Å²) in [6, 6.07) is 20.2. The molecule has 3 aromatic carbocycles. The molecule has 1 atom stereocenters. The van der Waals surface area contributed by atoms with Gasteiger partial charge in [0.15, 0.2) is 0 Å². The summed E-state index contributed by atoms with van der Waals surface area (Å²) >= 11 is 0. The Morgan fingerprint density at radius 3 is 2.34 bits per heavy atom. The smallest absolute Gasteiger partial charge is 0.245 e. The molecular formula is C28H30N4O5S. The van der Waals surface area contributed by atoms with E-state index in [1.807, 2.05) is 30.3 Å². The Morgan fingerprint density at radius 1 is 0.947 bits per heavy atom. The van der Waals surface area contributed by atoms with Crippen LogP contribution in [-0.2, 0) is 26.0 Å². The van der Waals surface area contributed by atoms with Crippen LogP contribution in [-0.4, -0.2) is 58.4 Å². The number of hydrogen-bond acceptors (Lipinski definition) is 6. The van der Waals surface area contributed by atoms with Crippen molar-refractivity contribution in [2.45, 2.75) is 23.8 Å². The van der Waals surface area contributed by atoms with E-state index in [0.717, 1.165) is 17.0 Å². The van der Waals surface area contributed by atoms with Crippen molar-refractivity contribution in [2.24, 2.45) is 0 Å². The predicted octanol–water partition coefficient (Wildman–Crippen LogP) is 2.95. The third-order valence-corrected chi connectivity index (χ3v) is 8.38. The maximum atomic E-state index is 13.7. The number of nitrogens with zero attached hydrogens (tertiary/aromatic N) is 2. The molecule has 2 amide bonds. The summed E-state index contributed by atoms with van der Waals surface area (Å²) in [4.78, 5) is 29.4. The molecule has 0 bridgehead atoms. The number of carbonyl (C=O) groups excluding carboxylic acids is 2. The number of fused-ring (bicyclic) bond motifs is 1. The first-order valence-corrected chi connectivity index (χ1v) is 14.0. The molecule has 2 aliphatic rings. The van der Waals surface area contributed by atoms with Gasteiger partial charge in [-0.05, 0) is 60.0 Å². The predicted molar refractivity (Wildman–Crippen MR) is 145 cm³/mol. The summed E-state index contributed by atoms with van der Waals surface area (Å²) in [6.07, 6.45) is 0.765. The van der Waals surface area contributed by atoms with Crippen LogP contribution in [0.25, 0.3) is 0 Å². The molecule has 0 unspecified atom stereocenters. The number of anilines is 2. The summed E-state index contributed by atoms with van der Waals surface area (Å²) in [5.41, 5.74) is 2.99. The number of carbonyl (C=O) groups is 2. The fraction of sp³-hybridized carbons (Fsp3) is 0.286. The highest BCUT2D eigenvalue weighted by molar-refractivity contribution is 7.89. The van der Waals surface area contributed by atoms with Gasteiger partial charge in [0.1, 0.15) is 11.8 Å². The SMILES string of the molecule is COc1ccc(N2CCN(C(=O)[C@H](NS(=O)(=O)c3ccc4c(c3)CCC(=O)N4)c3ccccc3)CC2)cc1. The maximum Gasteiger partial charge on any atom is 0.245 e. The van der Waals surface area contributed by atoms with Crippen LogP contribution in [0.5, 0.6) is 5.75 Å². The van der Waals surface area contributed by atoms with Crippen LogP contribution in [0.15, 0.2) is 77.7 Å². The number of amides is 2. The topological polar surface area (TPSA) is 108 Å². The standard InChI is InChI=1S/C28H30N4O5S/c1-37-23-10-8-22(9-11-23)31-15-17-32(18-16-31)28(34)27(20-5-3-2-4-6-20)30-38(35,36)24-12-13-25-21(19-24)7-14-26(33)29-25/h2-6,8-13,19,27,30H,7,14-18H2,1H3,(H,29,33)/t27-/m1/s1. The third kappa shape index (κ3) is 5.51. The van der Waals surface area contributed by atoms with Crippen LogP contribution < -0.4 is 19.7 Å². The lowest BCUT2D eigenvalue weighted by Gasteiger charge is -2.37. The summed E-state index contributed by atoms with van der Waals surface area (Å²) in [5, 5.41) is 2.76. The molecule has 0 aromatic heterocycles. The third-order valence-electron chi connectivity index (χ3n) is 6.96. The molecule has 2 N–H and O–H groups in total. The van der Waals surface area contributed by atoms with E-state index in [0.29, 0.717) is 50.3 Å². The van der Waals surface area contributed by atoms with Crippen LogP contribution >= 0.6 is 0 Å². The van der Waals surface area contributed by atoms with Gasteiger partial charge in [0.05, 0.1) is 12.0 Å². The van der Waals surface area contributed by atoms with Crippen molar-refractivity contribution in [3.05, 3.63) is 83.9 Å². The van der Waals surface area contributed by atoms with Gasteiger partial charge in [0, 0.05) is 44.0 Å². The first-order valence-electron chi connectivity index (χ1n) is 12.5. The lowest BCUT2D eigenvalue weighted by atomic mass is 10.0. The van der Waals surface area contributed by atoms with Gasteiger partial charge >= 0.3 is 0 Å². The largest absolute Gasteiger partial charge is 0.497 e. The molecule has 3 aromatic rings. The normalized spacial score (nSPS) is 16.4. The number of sulfonamides is 1. The highest BCUT2D eigenvalue weighted by Crippen LogP contribution is 2.27. The van der Waals surface area contributed by atoms with E-state index in [2.05, 4.69) is 14.9 Å². The number of aryl methyl sites for hydroxylation is 1. The molecule has 5 rings (SSSR count). The van der Waals surface area contributed by atoms with Gasteiger partial charge in [-0.2, -0.15) is 4.72 Å². The number of rotatable bonds is 7. The van der Waals surface area contributed by atoms with E-state index in [1.54, 1.807) is 48.4 Å². The molecule has 2 aliphatic heterocycles. The van der Waals surface area contributed by atoms with Gasteiger partial charge in [-0.25, -0.2) is 8.42 Å². The summed E-state index contributed by atoms with van der Waals surface area (Å²) in [5.74, 6) is 0.400. The molecule has 0 radical (unpaired) electrons. The Labute approximate surface area is 222 Å². The molecule has 0 spiro atoms. The van der Waals surface area contributed by atoms with E-state index in [1.165, 1.54) is 6.07 Å². The Bertz CT molecular complexity index is 1420. The second-order valence-corrected chi connectivity index (χ2v) is 11.1. The number of methoxy groups -OCH3 is 1. The lowest BCUT2D eigenvalue weighted by Crippen LogP contribution is -2.52. The fourth-order valence-electron chi connectivity index (χ4n) is 4.82. The van der Waals surface area contributed by atoms with E-state index >= 15 is 0 Å². The highest BCUT2D eigenvalue weighted by Gasteiger charge is 2.33. The van der Waals surface area contributed by atoms with Gasteiger partial charge in [-0.15, -0.1) is 0 Å². The van der Waals surface area contributed by atoms with Crippen molar-refractivity contribution in [3.8, 4) is 5.75 Å². The van der Waals surface area contributed by atoms with Gasteiger partial charge < -0.3 is 19.9 Å². The second-order valence-electron chi connectivity index (χ2n) is 9.34. The molecule has 1 fully saturated rings.